The maximum atomic E-state index is 6.02. The largest absolute Gasteiger partial charge is 0.491 e. The molecule has 0 aliphatic heterocycles. The van der Waals surface area contributed by atoms with E-state index in [0.717, 1.165) is 15.8 Å². The minimum absolute atomic E-state index is 0.627. The van der Waals surface area contributed by atoms with Crippen molar-refractivity contribution in [2.45, 2.75) is 13.8 Å². The Morgan fingerprint density at radius 1 is 1.50 bits per heavy atom. The first-order valence-electron chi connectivity index (χ1n) is 3.74. The van der Waals surface area contributed by atoms with Crippen molar-refractivity contribution in [1.29, 1.82) is 0 Å². The summed E-state index contributed by atoms with van der Waals surface area (Å²) in [5.74, 6) is 0.735. The number of ether oxygens (including phenoxy) is 1. The Bertz CT molecular complexity index is 286. The zero-order valence-electron chi connectivity index (χ0n) is 7.03. The van der Waals surface area contributed by atoms with Gasteiger partial charge in [0.1, 0.15) is 0 Å². The Morgan fingerprint density at radius 2 is 2.17 bits per heavy atom. The molecule has 1 aromatic carbocycles. The highest BCUT2D eigenvalue weighted by Crippen LogP contribution is 2.35. The molecule has 0 heterocycles. The smallest absolute Gasteiger partial charge is 0.152 e. The van der Waals surface area contributed by atoms with E-state index in [-0.39, 0.29) is 0 Å². The molecule has 0 unspecified atom stereocenters. The lowest BCUT2D eigenvalue weighted by Gasteiger charge is -2.09. The number of aryl methyl sites for hydroxylation is 1. The van der Waals surface area contributed by atoms with Crippen LogP contribution in [0.3, 0.4) is 0 Å². The molecule has 0 spiro atoms. The molecule has 0 fully saturated rings. The lowest BCUT2D eigenvalue weighted by atomic mass is 10.2. The molecule has 0 aliphatic rings. The zero-order chi connectivity index (χ0) is 9.14. The first-order chi connectivity index (χ1) is 5.66. The summed E-state index contributed by atoms with van der Waals surface area (Å²) in [6, 6.07) is 3.89. The minimum atomic E-state index is 0.627. The average Bonchev–Trinajstić information content (AvgIpc) is 2.06. The van der Waals surface area contributed by atoms with Gasteiger partial charge < -0.3 is 4.74 Å². The Labute approximate surface area is 85.8 Å². The van der Waals surface area contributed by atoms with Crippen LogP contribution in [-0.4, -0.2) is 6.61 Å². The van der Waals surface area contributed by atoms with Gasteiger partial charge in [0.2, 0.25) is 0 Å². The molecule has 1 aromatic rings. The van der Waals surface area contributed by atoms with Gasteiger partial charge >= 0.3 is 0 Å². The van der Waals surface area contributed by atoms with Crippen LogP contribution in [-0.2, 0) is 0 Å². The maximum absolute atomic E-state index is 6.02. The molecule has 0 aliphatic carbocycles. The molecule has 0 amide bonds. The summed E-state index contributed by atoms with van der Waals surface area (Å²) >= 11 is 9.40. The van der Waals surface area contributed by atoms with E-state index in [1.165, 1.54) is 0 Å². The van der Waals surface area contributed by atoms with Crippen LogP contribution in [0.4, 0.5) is 0 Å². The molecule has 0 N–H and O–H groups in total. The summed E-state index contributed by atoms with van der Waals surface area (Å²) in [7, 11) is 0. The topological polar surface area (TPSA) is 9.23 Å². The molecule has 3 heteroatoms. The van der Waals surface area contributed by atoms with Crippen LogP contribution in [0.2, 0.25) is 5.02 Å². The Morgan fingerprint density at radius 3 is 2.75 bits per heavy atom. The fourth-order valence-corrected chi connectivity index (χ4v) is 1.69. The Kier molecular flexibility index (Phi) is 3.41. The van der Waals surface area contributed by atoms with Crippen molar-refractivity contribution in [3.63, 3.8) is 0 Å². The molecule has 0 saturated heterocycles. The van der Waals surface area contributed by atoms with Gasteiger partial charge in [0, 0.05) is 0 Å². The first kappa shape index (κ1) is 9.87. The van der Waals surface area contributed by atoms with Crippen LogP contribution in [0.1, 0.15) is 12.5 Å². The van der Waals surface area contributed by atoms with E-state index < -0.39 is 0 Å². The fourth-order valence-electron chi connectivity index (χ4n) is 0.908. The highest BCUT2D eigenvalue weighted by Gasteiger charge is 2.07. The Hall–Kier alpha value is -0.210. The number of rotatable bonds is 2. The lowest BCUT2D eigenvalue weighted by molar-refractivity contribution is 0.338. The second-order valence-corrected chi connectivity index (χ2v) is 3.67. The van der Waals surface area contributed by atoms with Gasteiger partial charge in [0.15, 0.2) is 5.75 Å². The molecule has 0 aromatic heterocycles. The molecule has 1 rings (SSSR count). The molecule has 0 bridgehead atoms. The summed E-state index contributed by atoms with van der Waals surface area (Å²) < 4.78 is 6.27. The van der Waals surface area contributed by atoms with E-state index in [9.17, 15) is 0 Å². The number of hydrogen-bond acceptors (Lipinski definition) is 1. The predicted octanol–water partition coefficient (Wildman–Crippen LogP) is 3.81. The normalized spacial score (nSPS) is 10.0. The van der Waals surface area contributed by atoms with Crippen molar-refractivity contribution in [2.75, 3.05) is 6.61 Å². The molecular weight excluding hydrogens is 239 g/mol. The molecule has 0 saturated carbocycles. The summed E-state index contributed by atoms with van der Waals surface area (Å²) in [6.07, 6.45) is 0. The predicted molar refractivity (Wildman–Crippen MR) is 55.1 cm³/mol. The van der Waals surface area contributed by atoms with Crippen molar-refractivity contribution in [3.8, 4) is 5.75 Å². The van der Waals surface area contributed by atoms with Gasteiger partial charge in [-0.1, -0.05) is 17.7 Å². The quantitative estimate of drug-likeness (QED) is 0.774. The summed E-state index contributed by atoms with van der Waals surface area (Å²) in [5, 5.41) is 0.686. The fraction of sp³-hybridized carbons (Fsp3) is 0.333. The molecule has 0 radical (unpaired) electrons. The summed E-state index contributed by atoms with van der Waals surface area (Å²) in [5.41, 5.74) is 1.03. The van der Waals surface area contributed by atoms with Gasteiger partial charge in [0.25, 0.3) is 0 Å². The molecule has 66 valence electrons. The van der Waals surface area contributed by atoms with Gasteiger partial charge in [-0.15, -0.1) is 0 Å². The van der Waals surface area contributed by atoms with E-state index >= 15 is 0 Å². The molecule has 0 atom stereocenters. The third kappa shape index (κ3) is 1.93. The van der Waals surface area contributed by atoms with Crippen molar-refractivity contribution in [2.24, 2.45) is 0 Å². The van der Waals surface area contributed by atoms with Crippen LogP contribution in [0.5, 0.6) is 5.75 Å². The minimum Gasteiger partial charge on any atom is -0.491 e. The maximum Gasteiger partial charge on any atom is 0.152 e. The van der Waals surface area contributed by atoms with E-state index in [2.05, 4.69) is 15.9 Å². The van der Waals surface area contributed by atoms with E-state index in [1.54, 1.807) is 0 Å². The van der Waals surface area contributed by atoms with Crippen molar-refractivity contribution >= 4 is 27.5 Å². The Balaban J connectivity index is 3.14. The summed E-state index contributed by atoms with van der Waals surface area (Å²) in [6.45, 7) is 4.52. The number of halogens is 2. The zero-order valence-corrected chi connectivity index (χ0v) is 9.37. The van der Waals surface area contributed by atoms with Crippen molar-refractivity contribution in [1.82, 2.24) is 0 Å². The van der Waals surface area contributed by atoms with Crippen LogP contribution < -0.4 is 4.74 Å². The highest BCUT2D eigenvalue weighted by molar-refractivity contribution is 9.10. The second kappa shape index (κ2) is 4.15. The van der Waals surface area contributed by atoms with Crippen molar-refractivity contribution < 1.29 is 4.74 Å². The number of benzene rings is 1. The van der Waals surface area contributed by atoms with Crippen LogP contribution in [0.25, 0.3) is 0 Å². The van der Waals surface area contributed by atoms with E-state index in [4.69, 9.17) is 16.3 Å². The first-order valence-corrected chi connectivity index (χ1v) is 4.91. The average molecular weight is 250 g/mol. The van der Waals surface area contributed by atoms with Gasteiger partial charge in [-0.3, -0.25) is 0 Å². The van der Waals surface area contributed by atoms with Gasteiger partial charge in [-0.05, 0) is 41.4 Å². The van der Waals surface area contributed by atoms with E-state index in [0.29, 0.717) is 11.6 Å². The van der Waals surface area contributed by atoms with Gasteiger partial charge in [-0.2, -0.15) is 0 Å². The van der Waals surface area contributed by atoms with Gasteiger partial charge in [0.05, 0.1) is 16.1 Å². The second-order valence-electron chi connectivity index (χ2n) is 2.44. The van der Waals surface area contributed by atoms with Crippen molar-refractivity contribution in [3.05, 3.63) is 27.2 Å². The third-order valence-corrected chi connectivity index (χ3v) is 2.63. The van der Waals surface area contributed by atoms with Crippen LogP contribution >= 0.6 is 27.5 Å². The lowest BCUT2D eigenvalue weighted by Crippen LogP contribution is -1.94. The third-order valence-electron chi connectivity index (χ3n) is 1.53. The van der Waals surface area contributed by atoms with Gasteiger partial charge in [-0.25, -0.2) is 0 Å². The molecule has 1 nitrogen and oxygen atoms in total. The SMILES string of the molecule is CCOc1c(Br)ccc(C)c1Cl. The monoisotopic (exact) mass is 248 g/mol. The summed E-state index contributed by atoms with van der Waals surface area (Å²) in [4.78, 5) is 0. The highest BCUT2D eigenvalue weighted by atomic mass is 79.9. The standard InChI is InChI=1S/C9H10BrClO/c1-3-12-9-7(10)5-4-6(2)8(9)11/h4-5H,3H2,1-2H3. The molecular formula is C9H10BrClO. The van der Waals surface area contributed by atoms with Crippen LogP contribution in [0.15, 0.2) is 16.6 Å². The number of hydrogen-bond donors (Lipinski definition) is 0. The molecule has 12 heavy (non-hydrogen) atoms. The van der Waals surface area contributed by atoms with Crippen LogP contribution in [0, 0.1) is 6.92 Å². The van der Waals surface area contributed by atoms with E-state index in [1.807, 2.05) is 26.0 Å².